The normalized spacial score (nSPS) is 18.0. The summed E-state index contributed by atoms with van der Waals surface area (Å²) in [7, 11) is -3.85. The lowest BCUT2D eigenvalue weighted by atomic mass is 10.0. The SMILES string of the molecule is O=C1[C@@H](NS(=O)(=O)c2ccc3c(Cl)c[nH]c3c2)CCN1c1ccc2c(c1)CCNC2.O=CO. The van der Waals surface area contributed by atoms with Gasteiger partial charge in [-0.3, -0.25) is 9.59 Å². The van der Waals surface area contributed by atoms with Crippen molar-refractivity contribution in [2.75, 3.05) is 18.0 Å². The van der Waals surface area contributed by atoms with E-state index in [-0.39, 0.29) is 17.3 Å². The number of nitrogens with one attached hydrogen (secondary N) is 3. The Morgan fingerprint density at radius 1 is 1.18 bits per heavy atom. The van der Waals surface area contributed by atoms with Gasteiger partial charge in [0.2, 0.25) is 15.9 Å². The first-order chi connectivity index (χ1) is 15.8. The molecule has 0 bridgehead atoms. The van der Waals surface area contributed by atoms with Gasteiger partial charge in [-0.1, -0.05) is 17.7 Å². The van der Waals surface area contributed by atoms with Crippen molar-refractivity contribution in [3.05, 3.63) is 58.7 Å². The van der Waals surface area contributed by atoms with Crippen LogP contribution in [0.15, 0.2) is 47.5 Å². The lowest BCUT2D eigenvalue weighted by molar-refractivity contribution is -0.123. The highest BCUT2D eigenvalue weighted by Crippen LogP contribution is 2.28. The summed E-state index contributed by atoms with van der Waals surface area (Å²) in [4.78, 5) is 26.0. The molecule has 33 heavy (non-hydrogen) atoms. The first-order valence-corrected chi connectivity index (χ1v) is 12.2. The Morgan fingerprint density at radius 2 is 1.97 bits per heavy atom. The molecular formula is C22H23ClN4O5S. The summed E-state index contributed by atoms with van der Waals surface area (Å²) in [6, 6.07) is 9.93. The van der Waals surface area contributed by atoms with E-state index in [1.165, 1.54) is 23.3 Å². The van der Waals surface area contributed by atoms with Crippen LogP contribution < -0.4 is 14.9 Å². The third-order valence-electron chi connectivity index (χ3n) is 5.80. The van der Waals surface area contributed by atoms with E-state index in [9.17, 15) is 13.2 Å². The maximum absolute atomic E-state index is 13.0. The summed E-state index contributed by atoms with van der Waals surface area (Å²) >= 11 is 6.06. The Balaban J connectivity index is 0.000000821. The quantitative estimate of drug-likeness (QED) is 0.415. The van der Waals surface area contributed by atoms with Crippen LogP contribution in [0.3, 0.4) is 0 Å². The maximum atomic E-state index is 13.0. The van der Waals surface area contributed by atoms with Crippen LogP contribution in [0.5, 0.6) is 0 Å². The number of hydrogen-bond acceptors (Lipinski definition) is 5. The molecule has 174 valence electrons. The molecule has 1 atom stereocenters. The predicted octanol–water partition coefficient (Wildman–Crippen LogP) is 2.25. The molecule has 11 heteroatoms. The van der Waals surface area contributed by atoms with Gasteiger partial charge in [0.1, 0.15) is 6.04 Å². The fourth-order valence-electron chi connectivity index (χ4n) is 4.17. The minimum atomic E-state index is -3.85. The molecule has 0 saturated carbocycles. The minimum absolute atomic E-state index is 0.0982. The van der Waals surface area contributed by atoms with Crippen molar-refractivity contribution < 1.29 is 23.1 Å². The molecule has 3 aromatic rings. The van der Waals surface area contributed by atoms with Crippen LogP contribution in [0.1, 0.15) is 17.5 Å². The minimum Gasteiger partial charge on any atom is -0.483 e. The fourth-order valence-corrected chi connectivity index (χ4v) is 5.64. The van der Waals surface area contributed by atoms with Crippen molar-refractivity contribution >= 4 is 50.6 Å². The zero-order chi connectivity index (χ0) is 23.6. The van der Waals surface area contributed by atoms with Crippen LogP contribution in [0.2, 0.25) is 5.02 Å². The van der Waals surface area contributed by atoms with Crippen molar-refractivity contribution in [1.29, 1.82) is 0 Å². The number of aromatic amines is 1. The smallest absolute Gasteiger partial charge is 0.290 e. The second-order valence-corrected chi connectivity index (χ2v) is 9.90. The topological polar surface area (TPSA) is 132 Å². The molecule has 1 fully saturated rings. The molecule has 0 spiro atoms. The number of halogens is 1. The molecule has 2 aromatic carbocycles. The summed E-state index contributed by atoms with van der Waals surface area (Å²) in [5.74, 6) is -0.226. The summed E-state index contributed by atoms with van der Waals surface area (Å²) in [6.07, 6.45) is 2.96. The van der Waals surface area contributed by atoms with Crippen LogP contribution in [0.25, 0.3) is 10.9 Å². The zero-order valence-electron chi connectivity index (χ0n) is 17.5. The van der Waals surface area contributed by atoms with Gasteiger partial charge < -0.3 is 20.3 Å². The number of carboxylic acid groups (broad SMARTS) is 1. The Morgan fingerprint density at radius 3 is 2.76 bits per heavy atom. The fraction of sp³-hybridized carbons (Fsp3) is 0.273. The van der Waals surface area contributed by atoms with Gasteiger partial charge in [-0.05, 0) is 60.8 Å². The number of H-pyrrole nitrogens is 1. The first-order valence-electron chi connectivity index (χ1n) is 10.3. The number of benzene rings is 2. The zero-order valence-corrected chi connectivity index (χ0v) is 19.1. The molecule has 4 N–H and O–H groups in total. The lowest BCUT2D eigenvalue weighted by Gasteiger charge is -2.22. The number of anilines is 1. The van der Waals surface area contributed by atoms with E-state index in [1.807, 2.05) is 18.2 Å². The van der Waals surface area contributed by atoms with E-state index < -0.39 is 16.1 Å². The Hall–Kier alpha value is -2.92. The molecule has 2 aliphatic heterocycles. The van der Waals surface area contributed by atoms with E-state index in [1.54, 1.807) is 17.2 Å². The van der Waals surface area contributed by atoms with Gasteiger partial charge in [0.05, 0.1) is 9.92 Å². The predicted molar refractivity (Wildman–Crippen MR) is 125 cm³/mol. The summed E-state index contributed by atoms with van der Waals surface area (Å²) in [5, 5.41) is 11.5. The van der Waals surface area contributed by atoms with E-state index in [2.05, 4.69) is 15.0 Å². The van der Waals surface area contributed by atoms with Gasteiger partial charge in [0.25, 0.3) is 6.47 Å². The molecule has 0 unspecified atom stereocenters. The van der Waals surface area contributed by atoms with Crippen LogP contribution in [0, 0.1) is 0 Å². The van der Waals surface area contributed by atoms with Crippen molar-refractivity contribution in [2.45, 2.75) is 30.3 Å². The van der Waals surface area contributed by atoms with Gasteiger partial charge in [-0.15, -0.1) is 0 Å². The summed E-state index contributed by atoms with van der Waals surface area (Å²) < 4.78 is 28.3. The van der Waals surface area contributed by atoms with Crippen molar-refractivity contribution in [1.82, 2.24) is 15.0 Å². The number of rotatable bonds is 4. The number of fused-ring (bicyclic) bond motifs is 2. The Kier molecular flexibility index (Phi) is 6.71. The highest BCUT2D eigenvalue weighted by Gasteiger charge is 2.36. The van der Waals surface area contributed by atoms with Crippen LogP contribution >= 0.6 is 11.6 Å². The molecule has 1 amide bonds. The van der Waals surface area contributed by atoms with Gasteiger partial charge >= 0.3 is 0 Å². The molecule has 1 aromatic heterocycles. The standard InChI is InChI=1S/C21H21ClN4O3S.CH2O2/c22-18-12-24-20-10-16(3-4-17(18)20)30(28,29)25-19-6-8-26(21(19)27)15-2-1-14-11-23-7-5-13(14)9-15;2-1-3/h1-4,9-10,12,19,23-25H,5-8,11H2;1H,(H,2,3)/t19-;/m0./s1. The van der Waals surface area contributed by atoms with Gasteiger partial charge in [0.15, 0.2) is 0 Å². The monoisotopic (exact) mass is 490 g/mol. The van der Waals surface area contributed by atoms with Crippen LogP contribution in [-0.4, -0.2) is 50.0 Å². The molecule has 3 heterocycles. The van der Waals surface area contributed by atoms with Gasteiger partial charge in [-0.25, -0.2) is 8.42 Å². The van der Waals surface area contributed by atoms with Crippen molar-refractivity contribution in [3.63, 3.8) is 0 Å². The summed E-state index contributed by atoms with van der Waals surface area (Å²) in [6.45, 7) is 1.99. The largest absolute Gasteiger partial charge is 0.483 e. The molecule has 5 rings (SSSR count). The molecule has 0 radical (unpaired) electrons. The molecule has 9 nitrogen and oxygen atoms in total. The number of aromatic nitrogens is 1. The third-order valence-corrected chi connectivity index (χ3v) is 7.59. The van der Waals surface area contributed by atoms with E-state index >= 15 is 0 Å². The Labute approximate surface area is 195 Å². The average Bonchev–Trinajstić information content (AvgIpc) is 3.36. The van der Waals surface area contributed by atoms with E-state index in [4.69, 9.17) is 21.5 Å². The Bertz CT molecular complexity index is 1310. The van der Waals surface area contributed by atoms with E-state index in [0.29, 0.717) is 23.5 Å². The molecule has 1 saturated heterocycles. The highest BCUT2D eigenvalue weighted by molar-refractivity contribution is 7.89. The summed E-state index contributed by atoms with van der Waals surface area (Å²) in [5.41, 5.74) is 3.94. The van der Waals surface area contributed by atoms with E-state index in [0.717, 1.165) is 30.6 Å². The maximum Gasteiger partial charge on any atom is 0.290 e. The van der Waals surface area contributed by atoms with Crippen molar-refractivity contribution in [3.8, 4) is 0 Å². The van der Waals surface area contributed by atoms with Gasteiger partial charge in [0, 0.05) is 35.9 Å². The second kappa shape index (κ2) is 9.52. The van der Waals surface area contributed by atoms with Gasteiger partial charge in [-0.2, -0.15) is 4.72 Å². The number of carbonyl (C=O) groups excluding carboxylic acids is 1. The number of sulfonamides is 1. The molecule has 2 aliphatic rings. The van der Waals surface area contributed by atoms with Crippen molar-refractivity contribution in [2.24, 2.45) is 0 Å². The molecular weight excluding hydrogens is 468 g/mol. The average molecular weight is 491 g/mol. The number of amides is 1. The number of nitrogens with zero attached hydrogens (tertiary/aromatic N) is 1. The lowest BCUT2D eigenvalue weighted by Crippen LogP contribution is -2.41. The number of hydrogen-bond donors (Lipinski definition) is 4. The molecule has 0 aliphatic carbocycles. The number of carbonyl (C=O) groups is 2. The third kappa shape index (κ3) is 4.74. The first kappa shape index (κ1) is 23.2. The highest BCUT2D eigenvalue weighted by atomic mass is 35.5. The second-order valence-electron chi connectivity index (χ2n) is 7.78. The van der Waals surface area contributed by atoms with Crippen LogP contribution in [-0.2, 0) is 32.6 Å². The van der Waals surface area contributed by atoms with Crippen LogP contribution in [0.4, 0.5) is 5.69 Å².